The first kappa shape index (κ1) is 29.1. The Hall–Kier alpha value is -2.45. The van der Waals surface area contributed by atoms with E-state index in [0.29, 0.717) is 17.8 Å². The molecule has 0 N–H and O–H groups in total. The van der Waals surface area contributed by atoms with Crippen LogP contribution in [0.2, 0.25) is 0 Å². The summed E-state index contributed by atoms with van der Waals surface area (Å²) in [7, 11) is 0. The molecule has 0 bridgehead atoms. The summed E-state index contributed by atoms with van der Waals surface area (Å²) in [5.41, 5.74) is 7.30. The van der Waals surface area contributed by atoms with Crippen molar-refractivity contribution in [3.63, 3.8) is 0 Å². The molecule has 5 rings (SSSR count). The van der Waals surface area contributed by atoms with E-state index in [1.54, 1.807) is 0 Å². The maximum atomic E-state index is 5.21. The number of thiazole rings is 1. The second-order valence-electron chi connectivity index (χ2n) is 12.8. The van der Waals surface area contributed by atoms with Gasteiger partial charge < -0.3 is 0 Å². The third kappa shape index (κ3) is 6.23. The first-order chi connectivity index (χ1) is 19.4. The van der Waals surface area contributed by atoms with Crippen LogP contribution in [0.1, 0.15) is 114 Å². The summed E-state index contributed by atoms with van der Waals surface area (Å²) in [5, 5.41) is 1.35. The van der Waals surface area contributed by atoms with Crippen LogP contribution in [0.25, 0.3) is 10.2 Å². The van der Waals surface area contributed by atoms with Gasteiger partial charge in [0.15, 0.2) is 0 Å². The Morgan fingerprint density at radius 1 is 1.02 bits per heavy atom. The highest BCUT2D eigenvalue weighted by Gasteiger charge is 2.35. The molecule has 3 aliphatic carbocycles. The summed E-state index contributed by atoms with van der Waals surface area (Å²) in [6.07, 6.45) is 28.2. The average molecular weight is 552 g/mol. The number of nitrogens with zero attached hydrogens (tertiary/aromatic N) is 1. The van der Waals surface area contributed by atoms with Crippen LogP contribution in [0.4, 0.5) is 0 Å². The van der Waals surface area contributed by atoms with Crippen molar-refractivity contribution >= 4 is 21.6 Å². The van der Waals surface area contributed by atoms with Crippen LogP contribution in [0, 0.1) is 11.8 Å². The molecule has 0 saturated heterocycles. The zero-order valence-electron chi connectivity index (χ0n) is 25.0. The highest BCUT2D eigenvalue weighted by molar-refractivity contribution is 7.18. The fourth-order valence-corrected chi connectivity index (χ4v) is 8.50. The molecule has 2 fully saturated rings. The van der Waals surface area contributed by atoms with E-state index < -0.39 is 0 Å². The van der Waals surface area contributed by atoms with Crippen molar-refractivity contribution in [3.05, 3.63) is 101 Å². The van der Waals surface area contributed by atoms with E-state index in [1.165, 1.54) is 108 Å². The Morgan fingerprint density at radius 3 is 2.42 bits per heavy atom. The standard InChI is InChI=1S/C38H49NS/c1-6-30(25-28(4)31-16-9-7-10-17-31)34(27(2)3)22-24-38(23-14-13-15-29(38)5)33-20-21-36-35(26-33)39-37(40-36)32-18-11-8-12-19-32/h6,14,20-24,26,29,31-32H,1-2,4,7-13,15-19,25H2,3,5H3/b24-22+,34-30-. The van der Waals surface area contributed by atoms with E-state index in [4.69, 9.17) is 4.98 Å². The average Bonchev–Trinajstić information content (AvgIpc) is 3.42. The number of hydrogen-bond acceptors (Lipinski definition) is 2. The summed E-state index contributed by atoms with van der Waals surface area (Å²) < 4.78 is 1.33. The van der Waals surface area contributed by atoms with Crippen molar-refractivity contribution < 1.29 is 0 Å². The summed E-state index contributed by atoms with van der Waals surface area (Å²) >= 11 is 1.92. The van der Waals surface area contributed by atoms with E-state index in [9.17, 15) is 0 Å². The number of hydrogen-bond donors (Lipinski definition) is 0. The van der Waals surface area contributed by atoms with Gasteiger partial charge in [0.25, 0.3) is 0 Å². The van der Waals surface area contributed by atoms with E-state index in [1.807, 2.05) is 17.4 Å². The Balaban J connectivity index is 1.49. The first-order valence-corrected chi connectivity index (χ1v) is 16.7. The van der Waals surface area contributed by atoms with E-state index >= 15 is 0 Å². The third-order valence-corrected chi connectivity index (χ3v) is 11.2. The lowest BCUT2D eigenvalue weighted by Gasteiger charge is -2.37. The van der Waals surface area contributed by atoms with Gasteiger partial charge in [-0.3, -0.25) is 0 Å². The van der Waals surface area contributed by atoms with Gasteiger partial charge in [0.1, 0.15) is 0 Å². The molecule has 0 aliphatic heterocycles. The van der Waals surface area contributed by atoms with Crippen molar-refractivity contribution in [2.24, 2.45) is 11.8 Å². The fourth-order valence-electron chi connectivity index (χ4n) is 7.38. The monoisotopic (exact) mass is 551 g/mol. The molecule has 1 heterocycles. The van der Waals surface area contributed by atoms with Crippen LogP contribution in [0.15, 0.2) is 90.6 Å². The maximum absolute atomic E-state index is 5.21. The van der Waals surface area contributed by atoms with Gasteiger partial charge in [-0.1, -0.05) is 113 Å². The van der Waals surface area contributed by atoms with Crippen LogP contribution >= 0.6 is 11.3 Å². The summed E-state index contributed by atoms with van der Waals surface area (Å²) in [4.78, 5) is 5.21. The highest BCUT2D eigenvalue weighted by Crippen LogP contribution is 2.44. The third-order valence-electron chi connectivity index (χ3n) is 10.0. The highest BCUT2D eigenvalue weighted by atomic mass is 32.1. The molecule has 1 aromatic carbocycles. The molecule has 40 heavy (non-hydrogen) atoms. The summed E-state index contributed by atoms with van der Waals surface area (Å²) in [6, 6.07) is 7.08. The molecule has 212 valence electrons. The molecule has 0 radical (unpaired) electrons. The lowest BCUT2D eigenvalue weighted by Crippen LogP contribution is -2.31. The molecule has 1 nitrogen and oxygen atoms in total. The van der Waals surface area contributed by atoms with E-state index in [0.717, 1.165) is 18.4 Å². The van der Waals surface area contributed by atoms with Crippen molar-refractivity contribution in [2.75, 3.05) is 0 Å². The lowest BCUT2D eigenvalue weighted by molar-refractivity contribution is 0.386. The second kappa shape index (κ2) is 13.0. The van der Waals surface area contributed by atoms with Gasteiger partial charge in [-0.2, -0.15) is 0 Å². The topological polar surface area (TPSA) is 12.9 Å². The molecular formula is C38H49NS. The van der Waals surface area contributed by atoms with Crippen molar-refractivity contribution in [2.45, 2.75) is 109 Å². The Morgan fingerprint density at radius 2 is 1.75 bits per heavy atom. The minimum Gasteiger partial charge on any atom is -0.241 e. The Bertz CT molecular complexity index is 1320. The van der Waals surface area contributed by atoms with Gasteiger partial charge in [-0.25, -0.2) is 4.98 Å². The zero-order valence-corrected chi connectivity index (χ0v) is 25.8. The molecule has 0 spiro atoms. The molecule has 2 aromatic rings. The van der Waals surface area contributed by atoms with Crippen LogP contribution < -0.4 is 0 Å². The number of benzene rings is 1. The maximum Gasteiger partial charge on any atom is 0.0969 e. The number of aromatic nitrogens is 1. The van der Waals surface area contributed by atoms with Gasteiger partial charge in [0.05, 0.1) is 15.2 Å². The molecule has 2 saturated carbocycles. The first-order valence-electron chi connectivity index (χ1n) is 15.9. The quantitative estimate of drug-likeness (QED) is 0.223. The lowest BCUT2D eigenvalue weighted by atomic mass is 9.66. The molecule has 2 atom stereocenters. The van der Waals surface area contributed by atoms with Gasteiger partial charge in [0.2, 0.25) is 0 Å². The van der Waals surface area contributed by atoms with Crippen molar-refractivity contribution in [3.8, 4) is 0 Å². The van der Waals surface area contributed by atoms with E-state index in [-0.39, 0.29) is 5.41 Å². The molecule has 3 aliphatic rings. The summed E-state index contributed by atoms with van der Waals surface area (Å²) in [5.74, 6) is 1.80. The van der Waals surface area contributed by atoms with Crippen LogP contribution in [-0.4, -0.2) is 4.98 Å². The fraction of sp³-hybridized carbons (Fsp3) is 0.500. The number of rotatable bonds is 9. The molecular weight excluding hydrogens is 502 g/mol. The van der Waals surface area contributed by atoms with Gasteiger partial charge in [0, 0.05) is 11.3 Å². The minimum atomic E-state index is -0.158. The Labute approximate surface area is 247 Å². The summed E-state index contributed by atoms with van der Waals surface area (Å²) in [6.45, 7) is 17.7. The number of fused-ring (bicyclic) bond motifs is 1. The molecule has 2 unspecified atom stereocenters. The van der Waals surface area contributed by atoms with Crippen LogP contribution in [0.5, 0.6) is 0 Å². The van der Waals surface area contributed by atoms with Crippen LogP contribution in [0.3, 0.4) is 0 Å². The Kier molecular flexibility index (Phi) is 9.46. The number of allylic oxidation sites excluding steroid dienone is 9. The van der Waals surface area contributed by atoms with Crippen molar-refractivity contribution in [1.29, 1.82) is 0 Å². The van der Waals surface area contributed by atoms with Crippen LogP contribution in [-0.2, 0) is 5.41 Å². The SMILES string of the molecule is C=C/C(CC(=C)C1CCCCC1)=C(\C=C\C1(c2ccc3sc(C4CCCCC4)nc3c2)C=CCCC1C)C(=C)C. The van der Waals surface area contributed by atoms with Gasteiger partial charge in [-0.15, -0.1) is 11.3 Å². The van der Waals surface area contributed by atoms with E-state index in [2.05, 4.69) is 76.1 Å². The molecule has 0 amide bonds. The largest absolute Gasteiger partial charge is 0.241 e. The van der Waals surface area contributed by atoms with Gasteiger partial charge >= 0.3 is 0 Å². The van der Waals surface area contributed by atoms with Gasteiger partial charge in [-0.05, 0) is 92.5 Å². The van der Waals surface area contributed by atoms with Crippen molar-refractivity contribution in [1.82, 2.24) is 4.98 Å². The second-order valence-corrected chi connectivity index (χ2v) is 13.9. The predicted octanol–water partition coefficient (Wildman–Crippen LogP) is 11.7. The smallest absolute Gasteiger partial charge is 0.0969 e. The zero-order chi connectivity index (χ0) is 28.1. The molecule has 2 heteroatoms. The predicted molar refractivity (Wildman–Crippen MR) is 176 cm³/mol. The normalized spacial score (nSPS) is 25.3. The minimum absolute atomic E-state index is 0.158. The molecule has 1 aromatic heterocycles.